The number of allylic oxidation sites excluding steroid dienone is 2. The predicted octanol–water partition coefficient (Wildman–Crippen LogP) is 22.0. The van der Waals surface area contributed by atoms with Gasteiger partial charge in [0.05, 0.1) is 25.4 Å². The average Bonchev–Trinajstić information content (AvgIpc) is 3.41. The molecule has 3 N–H and O–H groups in total. The van der Waals surface area contributed by atoms with Crippen LogP contribution in [-0.4, -0.2) is 47.4 Å². The largest absolute Gasteiger partial charge is 0.466 e. The van der Waals surface area contributed by atoms with Crippen molar-refractivity contribution in [3.8, 4) is 0 Å². The summed E-state index contributed by atoms with van der Waals surface area (Å²) >= 11 is 0. The minimum atomic E-state index is -0.663. The molecule has 6 heteroatoms. The molecule has 0 aliphatic carbocycles. The van der Waals surface area contributed by atoms with Crippen LogP contribution in [0, 0.1) is 0 Å². The molecule has 6 nitrogen and oxygen atoms in total. The van der Waals surface area contributed by atoms with Gasteiger partial charge in [-0.2, -0.15) is 0 Å². The van der Waals surface area contributed by atoms with E-state index in [0.29, 0.717) is 25.9 Å². The first kappa shape index (κ1) is 73.6. The molecule has 0 radical (unpaired) electrons. The number of hydrogen-bond acceptors (Lipinski definition) is 5. The van der Waals surface area contributed by atoms with Crippen LogP contribution < -0.4 is 5.32 Å². The maximum atomic E-state index is 12.5. The number of aliphatic hydroxyl groups excluding tert-OH is 2. The minimum absolute atomic E-state index is 0.00893. The van der Waals surface area contributed by atoms with E-state index < -0.39 is 12.1 Å². The molecule has 0 aromatic carbocycles. The summed E-state index contributed by atoms with van der Waals surface area (Å²) in [7, 11) is 0. The second-order valence-electron chi connectivity index (χ2n) is 23.9. The second-order valence-corrected chi connectivity index (χ2v) is 23.9. The number of nitrogens with one attached hydrogen (secondary N) is 1. The Labute approximate surface area is 469 Å². The summed E-state index contributed by atoms with van der Waals surface area (Å²) in [5.74, 6) is -0.0195. The Bertz CT molecular complexity index is 1130. The smallest absolute Gasteiger partial charge is 0.305 e. The van der Waals surface area contributed by atoms with Gasteiger partial charge >= 0.3 is 5.97 Å². The lowest BCUT2D eigenvalue weighted by Gasteiger charge is -2.22. The minimum Gasteiger partial charge on any atom is -0.466 e. The Morgan fingerprint density at radius 1 is 0.360 bits per heavy atom. The van der Waals surface area contributed by atoms with E-state index in [4.69, 9.17) is 4.74 Å². The van der Waals surface area contributed by atoms with Gasteiger partial charge in [0.15, 0.2) is 0 Å². The molecule has 75 heavy (non-hydrogen) atoms. The van der Waals surface area contributed by atoms with Gasteiger partial charge in [0.25, 0.3) is 0 Å². The van der Waals surface area contributed by atoms with Crippen molar-refractivity contribution in [3.05, 3.63) is 12.2 Å². The molecule has 0 heterocycles. The zero-order valence-electron chi connectivity index (χ0n) is 51.1. The van der Waals surface area contributed by atoms with E-state index in [1.165, 1.54) is 315 Å². The molecule has 0 saturated heterocycles. The zero-order valence-corrected chi connectivity index (χ0v) is 51.1. The quantitative estimate of drug-likeness (QED) is 0.0320. The fraction of sp³-hybridized carbons (Fsp3) is 0.942. The van der Waals surface area contributed by atoms with E-state index in [1.807, 2.05) is 0 Å². The summed E-state index contributed by atoms with van der Waals surface area (Å²) in [6, 6.07) is -0.540. The number of ether oxygens (including phenoxy) is 1. The Balaban J connectivity index is 3.35. The topological polar surface area (TPSA) is 95.9 Å². The van der Waals surface area contributed by atoms with Crippen molar-refractivity contribution >= 4 is 11.9 Å². The molecule has 2 atom stereocenters. The van der Waals surface area contributed by atoms with Crippen molar-refractivity contribution in [1.82, 2.24) is 5.32 Å². The van der Waals surface area contributed by atoms with Crippen LogP contribution in [0.2, 0.25) is 0 Å². The highest BCUT2D eigenvalue weighted by Gasteiger charge is 2.20. The fourth-order valence-electron chi connectivity index (χ4n) is 11.1. The van der Waals surface area contributed by atoms with Crippen molar-refractivity contribution in [2.75, 3.05) is 13.2 Å². The summed E-state index contributed by atoms with van der Waals surface area (Å²) in [4.78, 5) is 24.6. The van der Waals surface area contributed by atoms with Crippen LogP contribution in [0.4, 0.5) is 0 Å². The lowest BCUT2D eigenvalue weighted by atomic mass is 10.0. The molecule has 0 saturated carbocycles. The van der Waals surface area contributed by atoms with Crippen LogP contribution in [0.1, 0.15) is 393 Å². The van der Waals surface area contributed by atoms with Crippen LogP contribution in [0.3, 0.4) is 0 Å². The van der Waals surface area contributed by atoms with Gasteiger partial charge in [-0.05, 0) is 51.4 Å². The predicted molar refractivity (Wildman–Crippen MR) is 329 cm³/mol. The normalized spacial score (nSPS) is 12.5. The zero-order chi connectivity index (χ0) is 54.3. The fourth-order valence-corrected chi connectivity index (χ4v) is 11.1. The SMILES string of the molecule is CCCCCC/C=C\CCCCCCCC(=O)OCCCCCCCCCCCCCCCCCCCCCCCCCCCCC(=O)NC(CO)C(O)CCCCCCCCCCCCCCCCCCCCC. The molecule has 0 fully saturated rings. The van der Waals surface area contributed by atoms with Crippen molar-refractivity contribution in [2.24, 2.45) is 0 Å². The van der Waals surface area contributed by atoms with E-state index >= 15 is 0 Å². The van der Waals surface area contributed by atoms with Crippen molar-refractivity contribution in [3.63, 3.8) is 0 Å². The van der Waals surface area contributed by atoms with Gasteiger partial charge in [-0.25, -0.2) is 0 Å². The van der Waals surface area contributed by atoms with E-state index in [-0.39, 0.29) is 18.5 Å². The monoisotopic (exact) mass is 1060 g/mol. The van der Waals surface area contributed by atoms with Crippen LogP contribution in [-0.2, 0) is 14.3 Å². The highest BCUT2D eigenvalue weighted by molar-refractivity contribution is 5.76. The molecule has 0 aliphatic rings. The molecule has 0 aliphatic heterocycles. The van der Waals surface area contributed by atoms with Crippen molar-refractivity contribution in [1.29, 1.82) is 0 Å². The summed E-state index contributed by atoms with van der Waals surface area (Å²) in [6.07, 6.45) is 79.6. The van der Waals surface area contributed by atoms with Crippen LogP contribution in [0.15, 0.2) is 12.2 Å². The summed E-state index contributed by atoms with van der Waals surface area (Å²) in [5, 5.41) is 23.4. The van der Waals surface area contributed by atoms with Gasteiger partial charge in [-0.1, -0.05) is 341 Å². The average molecular weight is 1060 g/mol. The number of hydrogen-bond donors (Lipinski definition) is 3. The van der Waals surface area contributed by atoms with Crippen LogP contribution in [0.5, 0.6) is 0 Å². The van der Waals surface area contributed by atoms with Gasteiger partial charge in [0.1, 0.15) is 0 Å². The number of carbonyl (C=O) groups excluding carboxylic acids is 2. The number of unbranched alkanes of at least 4 members (excludes halogenated alkanes) is 52. The molecule has 0 aromatic heterocycles. The molecular weight excluding hydrogens is 923 g/mol. The number of carbonyl (C=O) groups is 2. The van der Waals surface area contributed by atoms with Crippen molar-refractivity contribution < 1.29 is 24.5 Å². The second kappa shape index (κ2) is 65.1. The maximum absolute atomic E-state index is 12.5. The van der Waals surface area contributed by atoms with Gasteiger partial charge in [0.2, 0.25) is 5.91 Å². The first-order chi connectivity index (χ1) is 37.0. The number of aliphatic hydroxyl groups is 2. The first-order valence-corrected chi connectivity index (χ1v) is 34.4. The lowest BCUT2D eigenvalue weighted by Crippen LogP contribution is -2.45. The lowest BCUT2D eigenvalue weighted by molar-refractivity contribution is -0.143. The van der Waals surface area contributed by atoms with Crippen LogP contribution in [0.25, 0.3) is 0 Å². The van der Waals surface area contributed by atoms with E-state index in [1.54, 1.807) is 0 Å². The molecule has 446 valence electrons. The van der Waals surface area contributed by atoms with Crippen LogP contribution >= 0.6 is 0 Å². The van der Waals surface area contributed by atoms with Gasteiger partial charge in [0, 0.05) is 12.8 Å². The molecule has 0 bridgehead atoms. The number of esters is 1. The van der Waals surface area contributed by atoms with Crippen molar-refractivity contribution in [2.45, 2.75) is 405 Å². The van der Waals surface area contributed by atoms with E-state index in [0.717, 1.165) is 44.9 Å². The van der Waals surface area contributed by atoms with Gasteiger partial charge < -0.3 is 20.3 Å². The maximum Gasteiger partial charge on any atom is 0.305 e. The third-order valence-electron chi connectivity index (χ3n) is 16.3. The molecule has 1 amide bonds. The number of rotatable bonds is 65. The Hall–Kier alpha value is -1.40. The Morgan fingerprint density at radius 2 is 0.627 bits per heavy atom. The summed E-state index contributed by atoms with van der Waals surface area (Å²) < 4.78 is 5.48. The molecule has 2 unspecified atom stereocenters. The Morgan fingerprint density at radius 3 is 0.960 bits per heavy atom. The highest BCUT2D eigenvalue weighted by atomic mass is 16.5. The first-order valence-electron chi connectivity index (χ1n) is 34.4. The third kappa shape index (κ3) is 61.7. The molecular formula is C69H135NO5. The molecule has 0 rings (SSSR count). The summed E-state index contributed by atoms with van der Waals surface area (Å²) in [5.41, 5.74) is 0. The number of amides is 1. The third-order valence-corrected chi connectivity index (χ3v) is 16.3. The molecule has 0 spiro atoms. The highest BCUT2D eigenvalue weighted by Crippen LogP contribution is 2.19. The summed E-state index contributed by atoms with van der Waals surface area (Å²) in [6.45, 7) is 4.97. The van der Waals surface area contributed by atoms with E-state index in [9.17, 15) is 19.8 Å². The molecule has 0 aromatic rings. The van der Waals surface area contributed by atoms with Gasteiger partial charge in [-0.3, -0.25) is 9.59 Å². The Kier molecular flexibility index (Phi) is 63.9. The standard InChI is InChI=1S/C69H135NO5/c1-3-5-7-9-11-13-15-17-18-19-28-31-34-38-41-45-49-53-57-61-67(72)66(65-71)70-68(73)62-58-54-50-46-42-39-35-32-29-26-24-22-20-21-23-25-27-30-33-36-40-44-48-52-56-60-64-75-69(74)63-59-55-51-47-43-37-16-14-12-10-8-6-4-2/h14,16,66-67,71-72H,3-13,15,17-65H2,1-2H3,(H,70,73)/b16-14-. The van der Waals surface area contributed by atoms with E-state index in [2.05, 4.69) is 31.3 Å². The van der Waals surface area contributed by atoms with Gasteiger partial charge in [-0.15, -0.1) is 0 Å².